The molecular formula is C34H42ClF3N6O5. The van der Waals surface area contributed by atoms with Crippen LogP contribution in [0.4, 0.5) is 23.7 Å². The number of hydrogen-bond acceptors (Lipinski definition) is 5. The lowest BCUT2D eigenvalue weighted by atomic mass is 9.88. The lowest BCUT2D eigenvalue weighted by Crippen LogP contribution is -2.56. The number of carbonyl (C=O) groups excluding carboxylic acids is 3. The summed E-state index contributed by atoms with van der Waals surface area (Å²) in [5, 5.41) is 14.7. The molecular weight excluding hydrogens is 665 g/mol. The third-order valence-electron chi connectivity index (χ3n) is 8.64. The van der Waals surface area contributed by atoms with Gasteiger partial charge < -0.3 is 35.4 Å². The van der Waals surface area contributed by atoms with Crippen molar-refractivity contribution in [1.82, 2.24) is 25.4 Å². The number of carboxylic acid groups (broad SMARTS) is 1. The first-order valence-corrected chi connectivity index (χ1v) is 16.5. The lowest BCUT2D eigenvalue weighted by Gasteiger charge is -2.38. The van der Waals surface area contributed by atoms with Crippen molar-refractivity contribution >= 4 is 52.0 Å². The molecule has 0 saturated carbocycles. The number of H-pyrrole nitrogens is 1. The van der Waals surface area contributed by atoms with E-state index in [1.54, 1.807) is 0 Å². The summed E-state index contributed by atoms with van der Waals surface area (Å²) in [6.45, 7) is 5.17. The Morgan fingerprint density at radius 1 is 1.16 bits per heavy atom. The highest BCUT2D eigenvalue weighted by Crippen LogP contribution is 2.35. The van der Waals surface area contributed by atoms with Crippen LogP contribution in [0.1, 0.15) is 43.2 Å². The van der Waals surface area contributed by atoms with E-state index in [0.29, 0.717) is 37.5 Å². The molecule has 5 rings (SSSR count). The maximum Gasteiger partial charge on any atom is 0.490 e. The van der Waals surface area contributed by atoms with Crippen molar-refractivity contribution in [3.8, 4) is 0 Å². The molecule has 2 unspecified atom stereocenters. The number of hydrogen-bond donors (Lipinski definition) is 4. The summed E-state index contributed by atoms with van der Waals surface area (Å²) < 4.78 is 31.7. The van der Waals surface area contributed by atoms with Crippen LogP contribution in [0.5, 0.6) is 0 Å². The lowest BCUT2D eigenvalue weighted by molar-refractivity contribution is -0.192. The van der Waals surface area contributed by atoms with E-state index in [1.807, 2.05) is 79.5 Å². The Morgan fingerprint density at radius 3 is 2.53 bits per heavy atom. The molecule has 15 heteroatoms. The number of halogens is 4. The Labute approximate surface area is 287 Å². The smallest absolute Gasteiger partial charge is 0.475 e. The van der Waals surface area contributed by atoms with Crippen LogP contribution in [0.15, 0.2) is 48.7 Å². The number of urea groups is 1. The molecule has 2 aliphatic heterocycles. The van der Waals surface area contributed by atoms with Crippen LogP contribution in [0.2, 0.25) is 5.02 Å². The number of aromatic nitrogens is 1. The summed E-state index contributed by atoms with van der Waals surface area (Å²) in [5.41, 5.74) is 3.83. The molecule has 4 N–H and O–H groups in total. The number of alkyl halides is 3. The molecule has 2 aromatic carbocycles. The quantitative estimate of drug-likeness (QED) is 0.219. The zero-order valence-electron chi connectivity index (χ0n) is 27.6. The van der Waals surface area contributed by atoms with Crippen molar-refractivity contribution in [2.75, 3.05) is 51.7 Å². The van der Waals surface area contributed by atoms with Crippen molar-refractivity contribution in [2.45, 2.75) is 50.7 Å². The Hall–Kier alpha value is -4.30. The van der Waals surface area contributed by atoms with Crippen LogP contribution in [-0.4, -0.2) is 103 Å². The van der Waals surface area contributed by atoms with Gasteiger partial charge in [-0.1, -0.05) is 36.7 Å². The number of fused-ring (bicyclic) bond motifs is 2. The highest BCUT2D eigenvalue weighted by Gasteiger charge is 2.39. The van der Waals surface area contributed by atoms with Crippen molar-refractivity contribution in [3.63, 3.8) is 0 Å². The molecule has 1 fully saturated rings. The number of anilines is 1. The average molecular weight is 707 g/mol. The van der Waals surface area contributed by atoms with E-state index >= 15 is 0 Å². The van der Waals surface area contributed by atoms with E-state index in [4.69, 9.17) is 21.5 Å². The molecule has 3 atom stereocenters. The normalized spacial score (nSPS) is 17.3. The van der Waals surface area contributed by atoms with Gasteiger partial charge in [-0.3, -0.25) is 9.59 Å². The molecule has 2 aliphatic rings. The molecule has 1 saturated heterocycles. The fourth-order valence-corrected chi connectivity index (χ4v) is 6.58. The Morgan fingerprint density at radius 2 is 1.88 bits per heavy atom. The highest BCUT2D eigenvalue weighted by molar-refractivity contribution is 6.30. The molecule has 0 spiro atoms. The van der Waals surface area contributed by atoms with Gasteiger partial charge in [0, 0.05) is 72.9 Å². The second-order valence-corrected chi connectivity index (χ2v) is 13.1. The summed E-state index contributed by atoms with van der Waals surface area (Å²) >= 11 is 6.37. The average Bonchev–Trinajstić information content (AvgIpc) is 3.66. The van der Waals surface area contributed by atoms with Gasteiger partial charge in [-0.2, -0.15) is 13.2 Å². The van der Waals surface area contributed by atoms with Crippen molar-refractivity contribution in [1.29, 1.82) is 0 Å². The minimum Gasteiger partial charge on any atom is -0.475 e. The fourth-order valence-electron chi connectivity index (χ4n) is 6.38. The molecule has 0 radical (unpaired) electrons. The number of carbonyl (C=O) groups is 4. The maximum atomic E-state index is 14.5. The van der Waals surface area contributed by atoms with Gasteiger partial charge >= 0.3 is 18.2 Å². The maximum absolute atomic E-state index is 14.5. The number of nitrogens with one attached hydrogen (secondary N) is 3. The molecule has 49 heavy (non-hydrogen) atoms. The minimum absolute atomic E-state index is 0.155. The van der Waals surface area contributed by atoms with Crippen LogP contribution in [-0.2, 0) is 20.8 Å². The van der Waals surface area contributed by atoms with E-state index in [-0.39, 0.29) is 23.7 Å². The summed E-state index contributed by atoms with van der Waals surface area (Å²) in [7, 11) is 4.07. The van der Waals surface area contributed by atoms with Crippen molar-refractivity contribution < 1.29 is 37.5 Å². The highest BCUT2D eigenvalue weighted by atomic mass is 35.5. The molecule has 0 aliphatic carbocycles. The summed E-state index contributed by atoms with van der Waals surface area (Å²) in [4.78, 5) is 57.7. The summed E-state index contributed by atoms with van der Waals surface area (Å²) in [6, 6.07) is 12.4. The van der Waals surface area contributed by atoms with E-state index < -0.39 is 24.2 Å². The number of carboxylic acids is 1. The number of rotatable bonds is 10. The summed E-state index contributed by atoms with van der Waals surface area (Å²) in [5.74, 6) is -2.83. The Kier molecular flexibility index (Phi) is 12.6. The molecule has 3 heterocycles. The third-order valence-corrected chi connectivity index (χ3v) is 8.87. The fraction of sp³-hybridized carbons (Fsp3) is 0.471. The van der Waals surface area contributed by atoms with E-state index in [9.17, 15) is 27.6 Å². The monoisotopic (exact) mass is 706 g/mol. The van der Waals surface area contributed by atoms with Gasteiger partial charge in [-0.25, -0.2) is 9.59 Å². The van der Waals surface area contributed by atoms with Crippen LogP contribution in [0.25, 0.3) is 10.9 Å². The second-order valence-electron chi connectivity index (χ2n) is 12.7. The number of benzene rings is 2. The minimum atomic E-state index is -5.08. The zero-order chi connectivity index (χ0) is 35.9. The Bertz CT molecular complexity index is 1650. The largest absolute Gasteiger partial charge is 0.490 e. The van der Waals surface area contributed by atoms with Gasteiger partial charge in [-0.15, -0.1) is 0 Å². The van der Waals surface area contributed by atoms with Crippen LogP contribution < -0.4 is 15.5 Å². The first-order valence-electron chi connectivity index (χ1n) is 16.1. The number of aromatic amines is 1. The van der Waals surface area contributed by atoms with Gasteiger partial charge in [0.25, 0.3) is 0 Å². The van der Waals surface area contributed by atoms with Gasteiger partial charge in [-0.05, 0) is 74.7 Å². The molecule has 1 aromatic heterocycles. The predicted molar refractivity (Wildman–Crippen MR) is 181 cm³/mol. The van der Waals surface area contributed by atoms with Crippen molar-refractivity contribution in [2.24, 2.45) is 5.92 Å². The van der Waals surface area contributed by atoms with Crippen molar-refractivity contribution in [3.05, 3.63) is 64.8 Å². The first kappa shape index (κ1) is 37.5. The van der Waals surface area contributed by atoms with Gasteiger partial charge in [0.05, 0.1) is 0 Å². The van der Waals surface area contributed by atoms with Crippen LogP contribution >= 0.6 is 11.6 Å². The van der Waals surface area contributed by atoms with Gasteiger partial charge in [0.2, 0.25) is 11.8 Å². The SMILES string of the molecule is CC(c1c[nH]c2ccccc12)C(NC(=O)NCCCN1CCCC1=O)C(=O)N1C[C@@H](CN(C)C)Cc2cc(Cl)ccc21.O=C(O)C(F)(F)F. The predicted octanol–water partition coefficient (Wildman–Crippen LogP) is 5.01. The standard InChI is InChI=1S/C32H41ClN6O3.C2HF3O2/c1-21(26-18-35-27-9-5-4-8-25(26)27)30(36-32(42)34-13-7-15-38-14-6-10-29(38)40)31(41)39-20-22(19-37(2)3)16-23-17-24(33)11-12-28(23)39;3-2(4,5)1(6)7/h4-5,8-9,11-12,17-18,21-22,30,35H,6-7,10,13-16,19-20H2,1-3H3,(H2,34,36,42);(H,6,7)/t21?,22-,30?;/m1./s1. The first-order chi connectivity index (χ1) is 23.1. The van der Waals surface area contributed by atoms with Gasteiger partial charge in [0.1, 0.15) is 6.04 Å². The van der Waals surface area contributed by atoms with Crippen LogP contribution in [0, 0.1) is 5.92 Å². The molecule has 266 valence electrons. The number of aliphatic carboxylic acids is 1. The van der Waals surface area contributed by atoms with E-state index in [0.717, 1.165) is 53.6 Å². The molecule has 4 amide bonds. The number of likely N-dealkylation sites (tertiary alicyclic amines) is 1. The van der Waals surface area contributed by atoms with Gasteiger partial charge in [0.15, 0.2) is 0 Å². The summed E-state index contributed by atoms with van der Waals surface area (Å²) in [6.07, 6.45) is -0.175. The number of amides is 4. The van der Waals surface area contributed by atoms with Crippen LogP contribution in [0.3, 0.4) is 0 Å². The molecule has 0 bridgehead atoms. The topological polar surface area (TPSA) is 138 Å². The molecule has 11 nitrogen and oxygen atoms in total. The zero-order valence-corrected chi connectivity index (χ0v) is 28.4. The Balaban J connectivity index is 0.000000698. The van der Waals surface area contributed by atoms with E-state index in [1.165, 1.54) is 0 Å². The molecule has 3 aromatic rings. The number of nitrogens with zero attached hydrogens (tertiary/aromatic N) is 3. The second kappa shape index (κ2) is 16.4. The third kappa shape index (κ3) is 9.88. The number of para-hydroxylation sites is 1. The van der Waals surface area contributed by atoms with E-state index in [2.05, 4.69) is 20.5 Å².